The fourth-order valence-electron chi connectivity index (χ4n) is 3.24. The Kier molecular flexibility index (Phi) is 4.04. The number of aryl methyl sites for hydroxylation is 1. The van der Waals surface area contributed by atoms with E-state index in [1.165, 1.54) is 11.3 Å². The first-order chi connectivity index (χ1) is 11.8. The van der Waals surface area contributed by atoms with E-state index in [0.717, 1.165) is 49.6 Å². The maximum Gasteiger partial charge on any atom is 0.122 e. The molecule has 1 aliphatic rings. The lowest BCUT2D eigenvalue weighted by molar-refractivity contribution is 0.269. The molecule has 122 valence electrons. The molecule has 0 saturated heterocycles. The number of hydrogen-bond donors (Lipinski definition) is 0. The van der Waals surface area contributed by atoms with Gasteiger partial charge in [0.25, 0.3) is 0 Å². The van der Waals surface area contributed by atoms with E-state index in [0.29, 0.717) is 0 Å². The van der Waals surface area contributed by atoms with Crippen molar-refractivity contribution in [1.82, 2.24) is 29.4 Å². The number of nitrogens with zero attached hydrogens (tertiary/aromatic N) is 6. The first-order valence-electron chi connectivity index (χ1n) is 8.23. The molecule has 0 bridgehead atoms. The molecule has 3 aromatic rings. The molecule has 0 aliphatic carbocycles. The van der Waals surface area contributed by atoms with Gasteiger partial charge in [-0.05, 0) is 18.6 Å². The van der Waals surface area contributed by atoms with E-state index in [1.807, 2.05) is 44.0 Å². The van der Waals surface area contributed by atoms with Crippen LogP contribution in [0.4, 0.5) is 0 Å². The highest BCUT2D eigenvalue weighted by Gasteiger charge is 2.20. The quantitative estimate of drug-likeness (QED) is 0.737. The SMILES string of the molecule is Cn1ccnc1CN1CCc2ncnc(-c3ccncc3)c2CC1. The van der Waals surface area contributed by atoms with Crippen LogP contribution in [0.15, 0.2) is 43.2 Å². The van der Waals surface area contributed by atoms with Crippen LogP contribution >= 0.6 is 0 Å². The van der Waals surface area contributed by atoms with Crippen molar-refractivity contribution in [1.29, 1.82) is 0 Å². The molecule has 0 amide bonds. The van der Waals surface area contributed by atoms with Gasteiger partial charge in [-0.3, -0.25) is 9.88 Å². The van der Waals surface area contributed by atoms with Gasteiger partial charge < -0.3 is 4.57 Å². The molecule has 0 aromatic carbocycles. The molecule has 0 unspecified atom stereocenters. The summed E-state index contributed by atoms with van der Waals surface area (Å²) in [6.45, 7) is 2.85. The number of rotatable bonds is 3. The van der Waals surface area contributed by atoms with E-state index < -0.39 is 0 Å². The molecule has 0 N–H and O–H groups in total. The van der Waals surface area contributed by atoms with Crippen molar-refractivity contribution in [3.8, 4) is 11.3 Å². The standard InChI is InChI=1S/C18H20N6/c1-23-11-8-20-17(23)12-24-9-4-15-16(5-10-24)21-13-22-18(15)14-2-6-19-7-3-14/h2-3,6-8,11,13H,4-5,9-10,12H2,1H3. The minimum absolute atomic E-state index is 0.871. The van der Waals surface area contributed by atoms with Gasteiger partial charge in [-0.1, -0.05) is 0 Å². The van der Waals surface area contributed by atoms with Crippen molar-refractivity contribution in [2.24, 2.45) is 7.05 Å². The Hall–Kier alpha value is -2.60. The summed E-state index contributed by atoms with van der Waals surface area (Å²) in [5.74, 6) is 1.10. The van der Waals surface area contributed by atoms with Crippen LogP contribution in [0, 0.1) is 0 Å². The normalized spacial score (nSPS) is 15.0. The Morgan fingerprint density at radius 1 is 1.00 bits per heavy atom. The minimum atomic E-state index is 0.871. The van der Waals surface area contributed by atoms with E-state index in [9.17, 15) is 0 Å². The Labute approximate surface area is 141 Å². The van der Waals surface area contributed by atoms with Crippen LogP contribution in [-0.4, -0.2) is 42.5 Å². The third-order valence-corrected chi connectivity index (χ3v) is 4.62. The maximum absolute atomic E-state index is 4.54. The van der Waals surface area contributed by atoms with Crippen LogP contribution < -0.4 is 0 Å². The lowest BCUT2D eigenvalue weighted by Gasteiger charge is -2.19. The minimum Gasteiger partial charge on any atom is -0.337 e. The average molecular weight is 320 g/mol. The van der Waals surface area contributed by atoms with Crippen molar-refractivity contribution in [3.05, 3.63) is 60.3 Å². The van der Waals surface area contributed by atoms with Gasteiger partial charge in [-0.15, -0.1) is 0 Å². The van der Waals surface area contributed by atoms with Crippen molar-refractivity contribution >= 4 is 0 Å². The van der Waals surface area contributed by atoms with Gasteiger partial charge in [0, 0.05) is 68.2 Å². The van der Waals surface area contributed by atoms with Gasteiger partial charge in [0.1, 0.15) is 12.2 Å². The highest BCUT2D eigenvalue weighted by Crippen LogP contribution is 2.25. The van der Waals surface area contributed by atoms with E-state index in [-0.39, 0.29) is 0 Å². The molecule has 0 atom stereocenters. The van der Waals surface area contributed by atoms with E-state index in [2.05, 4.69) is 29.4 Å². The summed E-state index contributed by atoms with van der Waals surface area (Å²) in [6.07, 6.45) is 11.1. The number of aromatic nitrogens is 5. The molecular weight excluding hydrogens is 300 g/mol. The molecule has 0 spiro atoms. The fraction of sp³-hybridized carbons (Fsp3) is 0.333. The highest BCUT2D eigenvalue weighted by atomic mass is 15.2. The second-order valence-electron chi connectivity index (χ2n) is 6.11. The van der Waals surface area contributed by atoms with Crippen LogP contribution in [0.2, 0.25) is 0 Å². The van der Waals surface area contributed by atoms with Gasteiger partial charge in [0.15, 0.2) is 0 Å². The largest absolute Gasteiger partial charge is 0.337 e. The van der Waals surface area contributed by atoms with Crippen LogP contribution in [0.1, 0.15) is 17.1 Å². The summed E-state index contributed by atoms with van der Waals surface area (Å²) in [5, 5.41) is 0. The van der Waals surface area contributed by atoms with Crippen molar-refractivity contribution in [2.75, 3.05) is 13.1 Å². The van der Waals surface area contributed by atoms with E-state index in [1.54, 1.807) is 6.33 Å². The molecule has 0 saturated carbocycles. The van der Waals surface area contributed by atoms with Gasteiger partial charge in [0.2, 0.25) is 0 Å². The van der Waals surface area contributed by atoms with Crippen molar-refractivity contribution in [3.63, 3.8) is 0 Å². The zero-order valence-electron chi connectivity index (χ0n) is 13.8. The van der Waals surface area contributed by atoms with Gasteiger partial charge >= 0.3 is 0 Å². The third-order valence-electron chi connectivity index (χ3n) is 4.62. The molecule has 0 radical (unpaired) electrons. The summed E-state index contributed by atoms with van der Waals surface area (Å²) in [6, 6.07) is 4.03. The third kappa shape index (κ3) is 2.92. The van der Waals surface area contributed by atoms with Crippen molar-refractivity contribution < 1.29 is 0 Å². The van der Waals surface area contributed by atoms with Crippen LogP contribution in [0.25, 0.3) is 11.3 Å². The van der Waals surface area contributed by atoms with Crippen LogP contribution in [0.5, 0.6) is 0 Å². The molecule has 4 rings (SSSR count). The lowest BCUT2D eigenvalue weighted by Crippen LogP contribution is -2.27. The van der Waals surface area contributed by atoms with Crippen molar-refractivity contribution in [2.45, 2.75) is 19.4 Å². The summed E-state index contributed by atoms with van der Waals surface area (Å²) in [7, 11) is 2.04. The molecule has 6 nitrogen and oxygen atoms in total. The van der Waals surface area contributed by atoms with Gasteiger partial charge in [-0.25, -0.2) is 15.0 Å². The Morgan fingerprint density at radius 3 is 2.62 bits per heavy atom. The van der Waals surface area contributed by atoms with Gasteiger partial charge in [0.05, 0.1) is 12.2 Å². The predicted octanol–water partition coefficient (Wildman–Crippen LogP) is 1.87. The first kappa shape index (κ1) is 15.0. The number of hydrogen-bond acceptors (Lipinski definition) is 5. The van der Waals surface area contributed by atoms with E-state index in [4.69, 9.17) is 0 Å². The molecule has 24 heavy (non-hydrogen) atoms. The molecule has 1 aliphatic heterocycles. The second-order valence-corrected chi connectivity index (χ2v) is 6.11. The Bertz CT molecular complexity index is 827. The smallest absolute Gasteiger partial charge is 0.122 e. The molecule has 6 heteroatoms. The lowest BCUT2D eigenvalue weighted by atomic mass is 10.0. The molecule has 3 aromatic heterocycles. The number of fused-ring (bicyclic) bond motifs is 1. The molecular formula is C18H20N6. The highest BCUT2D eigenvalue weighted by molar-refractivity contribution is 5.63. The van der Waals surface area contributed by atoms with Gasteiger partial charge in [-0.2, -0.15) is 0 Å². The van der Waals surface area contributed by atoms with Crippen LogP contribution in [-0.2, 0) is 26.4 Å². The molecule has 4 heterocycles. The summed E-state index contributed by atoms with van der Waals surface area (Å²) in [4.78, 5) is 20.1. The predicted molar refractivity (Wildman–Crippen MR) is 91.2 cm³/mol. The average Bonchev–Trinajstić information content (AvgIpc) is 2.90. The summed E-state index contributed by atoms with van der Waals surface area (Å²) < 4.78 is 2.08. The van der Waals surface area contributed by atoms with E-state index >= 15 is 0 Å². The molecule has 0 fully saturated rings. The zero-order chi connectivity index (χ0) is 16.4. The maximum atomic E-state index is 4.54. The second kappa shape index (κ2) is 6.49. The Morgan fingerprint density at radius 2 is 1.83 bits per heavy atom. The Balaban J connectivity index is 1.58. The number of imidazole rings is 1. The monoisotopic (exact) mass is 320 g/mol. The zero-order valence-corrected chi connectivity index (χ0v) is 13.8. The topological polar surface area (TPSA) is 59.7 Å². The summed E-state index contributed by atoms with van der Waals surface area (Å²) >= 11 is 0. The van der Waals surface area contributed by atoms with Crippen LogP contribution in [0.3, 0.4) is 0 Å². The first-order valence-corrected chi connectivity index (χ1v) is 8.23. The number of pyridine rings is 1. The summed E-state index contributed by atoms with van der Waals surface area (Å²) in [5.41, 5.74) is 4.59. The fourth-order valence-corrected chi connectivity index (χ4v) is 3.24.